The highest BCUT2D eigenvalue weighted by Gasteiger charge is 2.48. The van der Waals surface area contributed by atoms with Gasteiger partial charge in [-0.3, -0.25) is 4.79 Å². The number of alkyl halides is 2. The van der Waals surface area contributed by atoms with Crippen molar-refractivity contribution in [1.29, 1.82) is 0 Å². The zero-order valence-electron chi connectivity index (χ0n) is 12.1. The van der Waals surface area contributed by atoms with Gasteiger partial charge < -0.3 is 15.5 Å². The van der Waals surface area contributed by atoms with E-state index >= 15 is 0 Å². The number of amides is 1. The number of hydrogen-bond donors (Lipinski definition) is 1. The molecule has 1 fully saturated rings. The normalized spacial score (nSPS) is 24.8. The molecule has 0 saturated heterocycles. The Bertz CT molecular complexity index is 496. The van der Waals surface area contributed by atoms with Gasteiger partial charge >= 0.3 is 5.92 Å². The van der Waals surface area contributed by atoms with E-state index in [0.29, 0.717) is 5.70 Å². The van der Waals surface area contributed by atoms with Gasteiger partial charge in [0.25, 0.3) is 5.91 Å². The SMILES string of the molecule is CC1=C(N=C(N)Cl)N(C2CCCC2)CC(F)(F)C(=O)N1C. The zero-order valence-corrected chi connectivity index (χ0v) is 12.8. The maximum atomic E-state index is 14.1. The molecule has 2 rings (SSSR count). The first-order chi connectivity index (χ1) is 9.74. The molecule has 0 bridgehead atoms. The van der Waals surface area contributed by atoms with Crippen molar-refractivity contribution in [2.75, 3.05) is 13.6 Å². The molecule has 2 N–H and O–H groups in total. The average molecular weight is 321 g/mol. The Kier molecular flexibility index (Phi) is 4.41. The lowest BCUT2D eigenvalue weighted by atomic mass is 10.2. The molecule has 0 aromatic heterocycles. The second-order valence-electron chi connectivity index (χ2n) is 5.48. The fourth-order valence-corrected chi connectivity index (χ4v) is 2.96. The number of nitrogens with two attached hydrogens (primary N) is 1. The summed E-state index contributed by atoms with van der Waals surface area (Å²) in [7, 11) is 1.31. The van der Waals surface area contributed by atoms with Gasteiger partial charge in [-0.2, -0.15) is 8.78 Å². The Balaban J connectivity index is 2.50. The van der Waals surface area contributed by atoms with Crippen LogP contribution in [0.25, 0.3) is 0 Å². The van der Waals surface area contributed by atoms with Crippen molar-refractivity contribution in [1.82, 2.24) is 9.80 Å². The van der Waals surface area contributed by atoms with E-state index in [1.165, 1.54) is 11.9 Å². The van der Waals surface area contributed by atoms with Crippen LogP contribution in [0.5, 0.6) is 0 Å². The molecule has 8 heteroatoms. The minimum absolute atomic E-state index is 0.0695. The van der Waals surface area contributed by atoms with Gasteiger partial charge in [-0.15, -0.1) is 0 Å². The van der Waals surface area contributed by atoms with Gasteiger partial charge in [-0.25, -0.2) is 4.99 Å². The molecule has 1 aliphatic heterocycles. The number of aliphatic imine (C=N–C) groups is 1. The lowest BCUT2D eigenvalue weighted by molar-refractivity contribution is -0.155. The summed E-state index contributed by atoms with van der Waals surface area (Å²) < 4.78 is 28.2. The van der Waals surface area contributed by atoms with E-state index in [2.05, 4.69) is 4.99 Å². The fraction of sp³-hybridized carbons (Fsp3) is 0.692. The second kappa shape index (κ2) is 5.79. The lowest BCUT2D eigenvalue weighted by Crippen LogP contribution is -2.46. The quantitative estimate of drug-likeness (QED) is 0.481. The Morgan fingerprint density at radius 2 is 2.00 bits per heavy atom. The number of halogens is 3. The molecule has 118 valence electrons. The number of hydrogen-bond acceptors (Lipinski definition) is 3. The third-order valence-corrected chi connectivity index (χ3v) is 4.15. The summed E-state index contributed by atoms with van der Waals surface area (Å²) >= 11 is 5.63. The van der Waals surface area contributed by atoms with Crippen molar-refractivity contribution in [2.24, 2.45) is 10.7 Å². The molecular weight excluding hydrogens is 302 g/mol. The summed E-state index contributed by atoms with van der Waals surface area (Å²) in [5.41, 5.74) is 5.74. The molecule has 1 saturated carbocycles. The van der Waals surface area contributed by atoms with E-state index < -0.39 is 18.4 Å². The highest BCUT2D eigenvalue weighted by Crippen LogP contribution is 2.35. The summed E-state index contributed by atoms with van der Waals surface area (Å²) in [5.74, 6) is -4.44. The number of rotatable bonds is 2. The highest BCUT2D eigenvalue weighted by atomic mass is 35.5. The van der Waals surface area contributed by atoms with Crippen LogP contribution in [-0.4, -0.2) is 46.6 Å². The fourth-order valence-electron chi connectivity index (χ4n) is 2.88. The predicted molar refractivity (Wildman–Crippen MR) is 76.9 cm³/mol. The zero-order chi connectivity index (χ0) is 15.8. The van der Waals surface area contributed by atoms with Crippen molar-refractivity contribution in [3.05, 3.63) is 11.5 Å². The van der Waals surface area contributed by atoms with Gasteiger partial charge in [-0.05, 0) is 31.4 Å². The van der Waals surface area contributed by atoms with Crippen molar-refractivity contribution in [2.45, 2.75) is 44.6 Å². The maximum Gasteiger partial charge on any atom is 0.342 e. The summed E-state index contributed by atoms with van der Waals surface area (Å²) in [6.07, 6.45) is 3.54. The third-order valence-electron chi connectivity index (χ3n) is 4.06. The summed E-state index contributed by atoms with van der Waals surface area (Å²) in [6.45, 7) is 0.876. The Morgan fingerprint density at radius 3 is 2.52 bits per heavy atom. The first-order valence-corrected chi connectivity index (χ1v) is 7.25. The van der Waals surface area contributed by atoms with Gasteiger partial charge in [0.15, 0.2) is 11.1 Å². The van der Waals surface area contributed by atoms with Crippen LogP contribution in [0.3, 0.4) is 0 Å². The number of carbonyl (C=O) groups excluding carboxylic acids is 1. The molecule has 5 nitrogen and oxygen atoms in total. The Morgan fingerprint density at radius 1 is 1.43 bits per heavy atom. The molecule has 0 spiro atoms. The van der Waals surface area contributed by atoms with Crippen molar-refractivity contribution < 1.29 is 13.6 Å². The molecule has 0 atom stereocenters. The summed E-state index contributed by atoms with van der Waals surface area (Å²) in [4.78, 5) is 18.3. The minimum Gasteiger partial charge on any atom is -0.374 e. The van der Waals surface area contributed by atoms with E-state index in [9.17, 15) is 13.6 Å². The minimum atomic E-state index is -3.46. The van der Waals surface area contributed by atoms with Crippen LogP contribution in [0.2, 0.25) is 0 Å². The monoisotopic (exact) mass is 320 g/mol. The number of amidine groups is 1. The molecule has 21 heavy (non-hydrogen) atoms. The first kappa shape index (κ1) is 16.0. The first-order valence-electron chi connectivity index (χ1n) is 6.87. The molecule has 1 heterocycles. The second-order valence-corrected chi connectivity index (χ2v) is 5.87. The van der Waals surface area contributed by atoms with Crippen LogP contribution in [0.15, 0.2) is 16.5 Å². The molecule has 1 amide bonds. The molecule has 0 unspecified atom stereocenters. The van der Waals surface area contributed by atoms with Crippen molar-refractivity contribution in [3.63, 3.8) is 0 Å². The Labute approximate surface area is 127 Å². The molecule has 1 aliphatic carbocycles. The van der Waals surface area contributed by atoms with Gasteiger partial charge in [-0.1, -0.05) is 12.8 Å². The molecule has 2 aliphatic rings. The van der Waals surface area contributed by atoms with Crippen LogP contribution in [0.4, 0.5) is 8.78 Å². The van der Waals surface area contributed by atoms with Crippen LogP contribution in [0, 0.1) is 0 Å². The number of nitrogens with zero attached hydrogens (tertiary/aromatic N) is 3. The predicted octanol–water partition coefficient (Wildman–Crippen LogP) is 2.08. The van der Waals surface area contributed by atoms with Crippen LogP contribution >= 0.6 is 11.6 Å². The average Bonchev–Trinajstić information content (AvgIpc) is 2.91. The summed E-state index contributed by atoms with van der Waals surface area (Å²) in [6, 6.07) is -0.0695. The molecule has 0 radical (unpaired) electrons. The molecule has 0 aromatic rings. The largest absolute Gasteiger partial charge is 0.374 e. The van der Waals surface area contributed by atoms with E-state index in [4.69, 9.17) is 17.3 Å². The topological polar surface area (TPSA) is 61.9 Å². The van der Waals surface area contributed by atoms with E-state index in [1.54, 1.807) is 6.92 Å². The molecule has 0 aromatic carbocycles. The smallest absolute Gasteiger partial charge is 0.342 e. The van der Waals surface area contributed by atoms with E-state index in [0.717, 1.165) is 30.6 Å². The van der Waals surface area contributed by atoms with Crippen molar-refractivity contribution in [3.8, 4) is 0 Å². The van der Waals surface area contributed by atoms with Crippen molar-refractivity contribution >= 4 is 22.8 Å². The van der Waals surface area contributed by atoms with Crippen LogP contribution in [-0.2, 0) is 4.79 Å². The number of allylic oxidation sites excluding steroid dienone is 1. The standard InChI is InChI=1S/C13H19ClF2N4O/c1-8-10(18-12(14)17)20(9-5-3-4-6-9)7-13(15,16)11(21)19(8)2/h9H,3-7H2,1-2H3,(H2,17,18). The molecular formula is C13H19ClF2N4O. The van der Waals surface area contributed by atoms with E-state index in [1.807, 2.05) is 0 Å². The Hall–Kier alpha value is -1.37. The van der Waals surface area contributed by atoms with Crippen LogP contribution < -0.4 is 5.73 Å². The van der Waals surface area contributed by atoms with Gasteiger partial charge in [0, 0.05) is 13.1 Å². The van der Waals surface area contributed by atoms with E-state index in [-0.39, 0.29) is 17.2 Å². The lowest BCUT2D eigenvalue weighted by Gasteiger charge is -2.31. The number of carbonyl (C=O) groups is 1. The van der Waals surface area contributed by atoms with Crippen LogP contribution in [0.1, 0.15) is 32.6 Å². The maximum absolute atomic E-state index is 14.1. The van der Waals surface area contributed by atoms with Gasteiger partial charge in [0.1, 0.15) is 0 Å². The summed E-state index contributed by atoms with van der Waals surface area (Å²) in [5, 5.41) is -0.238. The highest BCUT2D eigenvalue weighted by molar-refractivity contribution is 6.64. The van der Waals surface area contributed by atoms with Gasteiger partial charge in [0.05, 0.1) is 12.2 Å². The third kappa shape index (κ3) is 3.12. The van der Waals surface area contributed by atoms with Gasteiger partial charge in [0.2, 0.25) is 0 Å².